The van der Waals surface area contributed by atoms with Crippen LogP contribution >= 0.6 is 11.3 Å². The minimum Gasteiger partial charge on any atom is -0.340 e. The van der Waals surface area contributed by atoms with Gasteiger partial charge in [0.05, 0.1) is 6.54 Å². The quantitative estimate of drug-likeness (QED) is 0.889. The highest BCUT2D eigenvalue weighted by molar-refractivity contribution is 7.07. The molecule has 1 aliphatic heterocycles. The summed E-state index contributed by atoms with van der Waals surface area (Å²) in [6, 6.07) is 2.29. The fourth-order valence-electron chi connectivity index (χ4n) is 2.29. The number of likely N-dealkylation sites (tertiary alicyclic amines) is 1. The Hall–Kier alpha value is -0.910. The molecule has 1 fully saturated rings. The molecule has 18 heavy (non-hydrogen) atoms. The van der Waals surface area contributed by atoms with Gasteiger partial charge in [-0.3, -0.25) is 9.69 Å². The van der Waals surface area contributed by atoms with Crippen molar-refractivity contribution in [2.45, 2.75) is 25.4 Å². The lowest BCUT2D eigenvalue weighted by molar-refractivity contribution is -0.131. The Kier molecular flexibility index (Phi) is 4.74. The number of nitrogens with two attached hydrogens (primary N) is 1. The Morgan fingerprint density at radius 2 is 2.50 bits per heavy atom. The molecule has 2 N–H and O–H groups in total. The standard InChI is InChI=1S/C13H21N3OS/c1-15(7-11-4-6-18-10-11)13(17)9-16-5-2-3-12(14)8-16/h4,6,10,12H,2-3,5,7-9,14H2,1H3/t12-/m1/s1. The van der Waals surface area contributed by atoms with E-state index in [0.717, 1.165) is 25.9 Å². The maximum Gasteiger partial charge on any atom is 0.236 e. The van der Waals surface area contributed by atoms with Gasteiger partial charge in [0.15, 0.2) is 0 Å². The van der Waals surface area contributed by atoms with E-state index < -0.39 is 0 Å². The molecular formula is C13H21N3OS. The van der Waals surface area contributed by atoms with Crippen molar-refractivity contribution in [3.05, 3.63) is 22.4 Å². The highest BCUT2D eigenvalue weighted by Crippen LogP contribution is 2.10. The summed E-state index contributed by atoms with van der Waals surface area (Å²) in [7, 11) is 1.86. The van der Waals surface area contributed by atoms with Crippen LogP contribution in [-0.4, -0.2) is 48.4 Å². The Balaban J connectivity index is 1.79. The number of hydrogen-bond donors (Lipinski definition) is 1. The predicted molar refractivity (Wildman–Crippen MR) is 74.4 cm³/mol. The van der Waals surface area contributed by atoms with Gasteiger partial charge in [-0.2, -0.15) is 11.3 Å². The summed E-state index contributed by atoms with van der Waals surface area (Å²) < 4.78 is 0. The maximum absolute atomic E-state index is 12.1. The molecule has 4 nitrogen and oxygen atoms in total. The van der Waals surface area contributed by atoms with Crippen LogP contribution in [0.3, 0.4) is 0 Å². The number of piperidine rings is 1. The van der Waals surface area contributed by atoms with Gasteiger partial charge in [-0.1, -0.05) is 0 Å². The van der Waals surface area contributed by atoms with Crippen LogP contribution in [0.1, 0.15) is 18.4 Å². The molecule has 1 amide bonds. The first-order valence-corrected chi connectivity index (χ1v) is 7.32. The SMILES string of the molecule is CN(Cc1ccsc1)C(=O)CN1CCC[C@@H](N)C1. The summed E-state index contributed by atoms with van der Waals surface area (Å²) >= 11 is 1.66. The van der Waals surface area contributed by atoms with Crippen LogP contribution in [0.5, 0.6) is 0 Å². The minimum absolute atomic E-state index is 0.176. The first-order valence-electron chi connectivity index (χ1n) is 6.38. The van der Waals surface area contributed by atoms with Crippen LogP contribution in [0.2, 0.25) is 0 Å². The third-order valence-corrected chi connectivity index (χ3v) is 4.06. The molecule has 1 aliphatic rings. The lowest BCUT2D eigenvalue weighted by Gasteiger charge is -2.31. The Bertz CT molecular complexity index is 380. The lowest BCUT2D eigenvalue weighted by Crippen LogP contribution is -2.47. The smallest absolute Gasteiger partial charge is 0.236 e. The lowest BCUT2D eigenvalue weighted by atomic mass is 10.1. The summed E-state index contributed by atoms with van der Waals surface area (Å²) in [5.41, 5.74) is 7.12. The molecule has 0 aromatic carbocycles. The van der Waals surface area contributed by atoms with Crippen molar-refractivity contribution in [1.29, 1.82) is 0 Å². The Morgan fingerprint density at radius 3 is 3.17 bits per heavy atom. The van der Waals surface area contributed by atoms with E-state index in [-0.39, 0.29) is 11.9 Å². The molecule has 0 saturated carbocycles. The maximum atomic E-state index is 12.1. The number of amides is 1. The fraction of sp³-hybridized carbons (Fsp3) is 0.615. The monoisotopic (exact) mass is 267 g/mol. The topological polar surface area (TPSA) is 49.6 Å². The van der Waals surface area contributed by atoms with Crippen LogP contribution in [-0.2, 0) is 11.3 Å². The van der Waals surface area contributed by atoms with E-state index in [1.807, 2.05) is 12.4 Å². The average molecular weight is 267 g/mol. The van der Waals surface area contributed by atoms with E-state index in [9.17, 15) is 4.79 Å². The summed E-state index contributed by atoms with van der Waals surface area (Å²) in [6.45, 7) is 3.03. The number of rotatable bonds is 4. The van der Waals surface area contributed by atoms with Crippen molar-refractivity contribution in [2.24, 2.45) is 5.73 Å². The van der Waals surface area contributed by atoms with E-state index in [0.29, 0.717) is 13.1 Å². The summed E-state index contributed by atoms with van der Waals surface area (Å²) in [5.74, 6) is 0.176. The van der Waals surface area contributed by atoms with Gasteiger partial charge in [0.1, 0.15) is 0 Å². The van der Waals surface area contributed by atoms with Gasteiger partial charge < -0.3 is 10.6 Å². The van der Waals surface area contributed by atoms with E-state index in [4.69, 9.17) is 5.73 Å². The minimum atomic E-state index is 0.176. The van der Waals surface area contributed by atoms with Gasteiger partial charge in [0.2, 0.25) is 5.91 Å². The number of thiophene rings is 1. The molecule has 1 saturated heterocycles. The molecule has 0 spiro atoms. The van der Waals surface area contributed by atoms with Gasteiger partial charge in [-0.15, -0.1) is 0 Å². The number of likely N-dealkylation sites (N-methyl/N-ethyl adjacent to an activating group) is 1. The highest BCUT2D eigenvalue weighted by atomic mass is 32.1. The third kappa shape index (κ3) is 3.80. The Morgan fingerprint density at radius 1 is 1.67 bits per heavy atom. The molecule has 0 aliphatic carbocycles. The molecule has 2 heterocycles. The Labute approximate surface area is 112 Å². The van der Waals surface area contributed by atoms with Gasteiger partial charge in [0.25, 0.3) is 0 Å². The predicted octanol–water partition coefficient (Wildman–Crippen LogP) is 1.13. The molecule has 1 aromatic heterocycles. The van der Waals surface area contributed by atoms with Crippen molar-refractivity contribution in [2.75, 3.05) is 26.7 Å². The zero-order valence-electron chi connectivity index (χ0n) is 10.8. The molecule has 100 valence electrons. The van der Waals surface area contributed by atoms with E-state index in [1.165, 1.54) is 5.56 Å². The number of nitrogens with zero attached hydrogens (tertiary/aromatic N) is 2. The fourth-order valence-corrected chi connectivity index (χ4v) is 2.95. The van der Waals surface area contributed by atoms with Crippen LogP contribution in [0.15, 0.2) is 16.8 Å². The molecular weight excluding hydrogens is 246 g/mol. The molecule has 0 radical (unpaired) electrons. The summed E-state index contributed by atoms with van der Waals surface area (Å²) in [6.07, 6.45) is 2.18. The van der Waals surface area contributed by atoms with Crippen LogP contribution in [0, 0.1) is 0 Å². The summed E-state index contributed by atoms with van der Waals surface area (Å²) in [4.78, 5) is 16.1. The van der Waals surface area contributed by atoms with E-state index >= 15 is 0 Å². The van der Waals surface area contributed by atoms with Crippen LogP contribution < -0.4 is 5.73 Å². The van der Waals surface area contributed by atoms with Gasteiger partial charge in [-0.25, -0.2) is 0 Å². The molecule has 1 aromatic rings. The van der Waals surface area contributed by atoms with Crippen molar-refractivity contribution in [3.63, 3.8) is 0 Å². The average Bonchev–Trinajstić information content (AvgIpc) is 2.81. The summed E-state index contributed by atoms with van der Waals surface area (Å²) in [5, 5.41) is 4.12. The first-order chi connectivity index (χ1) is 8.65. The number of carbonyl (C=O) groups excluding carboxylic acids is 1. The van der Waals surface area contributed by atoms with E-state index in [1.54, 1.807) is 16.2 Å². The number of carbonyl (C=O) groups is 1. The van der Waals surface area contributed by atoms with Gasteiger partial charge in [0, 0.05) is 26.2 Å². The second-order valence-corrected chi connectivity index (χ2v) is 5.80. The second-order valence-electron chi connectivity index (χ2n) is 5.02. The number of hydrogen-bond acceptors (Lipinski definition) is 4. The first kappa shape index (κ1) is 13.5. The molecule has 0 bridgehead atoms. The zero-order valence-corrected chi connectivity index (χ0v) is 11.7. The highest BCUT2D eigenvalue weighted by Gasteiger charge is 2.20. The largest absolute Gasteiger partial charge is 0.340 e. The molecule has 0 unspecified atom stereocenters. The molecule has 5 heteroatoms. The molecule has 1 atom stereocenters. The van der Waals surface area contributed by atoms with Crippen molar-refractivity contribution >= 4 is 17.2 Å². The normalized spacial score (nSPS) is 20.9. The van der Waals surface area contributed by atoms with Gasteiger partial charge in [-0.05, 0) is 41.8 Å². The van der Waals surface area contributed by atoms with Crippen molar-refractivity contribution in [1.82, 2.24) is 9.80 Å². The second kappa shape index (κ2) is 6.31. The third-order valence-electron chi connectivity index (χ3n) is 3.33. The van der Waals surface area contributed by atoms with Crippen LogP contribution in [0.25, 0.3) is 0 Å². The van der Waals surface area contributed by atoms with E-state index in [2.05, 4.69) is 16.3 Å². The van der Waals surface area contributed by atoms with Crippen molar-refractivity contribution in [3.8, 4) is 0 Å². The van der Waals surface area contributed by atoms with Crippen LogP contribution in [0.4, 0.5) is 0 Å². The molecule has 2 rings (SSSR count). The van der Waals surface area contributed by atoms with Crippen molar-refractivity contribution < 1.29 is 4.79 Å². The zero-order chi connectivity index (χ0) is 13.0. The van der Waals surface area contributed by atoms with Gasteiger partial charge >= 0.3 is 0 Å².